The molecule has 2 aliphatic rings. The minimum atomic E-state index is -0.674. The molecule has 2 heterocycles. The lowest BCUT2D eigenvalue weighted by Gasteiger charge is -2.41. The van der Waals surface area contributed by atoms with Crippen LogP contribution >= 0.6 is 0 Å². The van der Waals surface area contributed by atoms with Crippen molar-refractivity contribution in [3.8, 4) is 0 Å². The van der Waals surface area contributed by atoms with Gasteiger partial charge in [-0.15, -0.1) is 0 Å². The van der Waals surface area contributed by atoms with Crippen LogP contribution in [0.15, 0.2) is 18.2 Å². The number of rotatable bonds is 2. The van der Waals surface area contributed by atoms with Crippen LogP contribution in [0.25, 0.3) is 0 Å². The summed E-state index contributed by atoms with van der Waals surface area (Å²) in [5, 5.41) is 1.85. The molecule has 124 valence electrons. The SMILES string of the molecule is CON1CCC2(CC1)C(=O)C(c1cc(C)ccc1C)C(=O)N2C. The van der Waals surface area contributed by atoms with Gasteiger partial charge in [0.05, 0.1) is 7.11 Å². The van der Waals surface area contributed by atoms with Gasteiger partial charge in [-0.05, 0) is 37.8 Å². The Morgan fingerprint density at radius 2 is 1.83 bits per heavy atom. The van der Waals surface area contributed by atoms with Crippen molar-refractivity contribution in [2.75, 3.05) is 27.2 Å². The van der Waals surface area contributed by atoms with E-state index in [1.165, 1.54) is 0 Å². The number of hydrogen-bond donors (Lipinski definition) is 0. The summed E-state index contributed by atoms with van der Waals surface area (Å²) in [6.07, 6.45) is 1.26. The first-order chi connectivity index (χ1) is 10.9. The van der Waals surface area contributed by atoms with Crippen molar-refractivity contribution in [2.45, 2.75) is 38.1 Å². The van der Waals surface area contributed by atoms with Crippen LogP contribution in [-0.2, 0) is 14.4 Å². The largest absolute Gasteiger partial charge is 0.332 e. The number of likely N-dealkylation sites (tertiary alicyclic amines) is 1. The van der Waals surface area contributed by atoms with Gasteiger partial charge in [0.1, 0.15) is 11.5 Å². The Bertz CT molecular complexity index is 648. The van der Waals surface area contributed by atoms with Crippen LogP contribution in [0.4, 0.5) is 0 Å². The molecule has 0 aromatic heterocycles. The molecule has 2 aliphatic heterocycles. The zero-order chi connectivity index (χ0) is 16.8. The van der Waals surface area contributed by atoms with E-state index in [1.54, 1.807) is 19.1 Å². The Balaban J connectivity index is 1.97. The van der Waals surface area contributed by atoms with E-state index in [0.717, 1.165) is 16.7 Å². The van der Waals surface area contributed by atoms with Crippen molar-refractivity contribution < 1.29 is 14.4 Å². The maximum atomic E-state index is 13.2. The van der Waals surface area contributed by atoms with Gasteiger partial charge in [0.25, 0.3) is 0 Å². The van der Waals surface area contributed by atoms with Gasteiger partial charge in [0.2, 0.25) is 5.91 Å². The first-order valence-electron chi connectivity index (χ1n) is 8.09. The van der Waals surface area contributed by atoms with Gasteiger partial charge in [-0.2, -0.15) is 5.06 Å². The van der Waals surface area contributed by atoms with Crippen molar-refractivity contribution in [3.63, 3.8) is 0 Å². The molecule has 2 saturated heterocycles. The highest BCUT2D eigenvalue weighted by molar-refractivity contribution is 6.17. The molecule has 0 radical (unpaired) electrons. The number of ketones is 1. The van der Waals surface area contributed by atoms with Crippen molar-refractivity contribution >= 4 is 11.7 Å². The predicted octanol–water partition coefficient (Wildman–Crippen LogP) is 1.82. The van der Waals surface area contributed by atoms with E-state index in [0.29, 0.717) is 25.9 Å². The molecule has 1 amide bonds. The minimum Gasteiger partial charge on any atom is -0.332 e. The molecule has 1 aromatic carbocycles. The van der Waals surface area contributed by atoms with E-state index in [2.05, 4.69) is 0 Å². The van der Waals surface area contributed by atoms with Crippen LogP contribution in [0, 0.1) is 13.8 Å². The molecule has 2 fully saturated rings. The average molecular weight is 316 g/mol. The number of nitrogens with zero attached hydrogens (tertiary/aromatic N) is 2. The van der Waals surface area contributed by atoms with Crippen LogP contribution < -0.4 is 0 Å². The normalized spacial score (nSPS) is 24.7. The van der Waals surface area contributed by atoms with Crippen molar-refractivity contribution in [2.24, 2.45) is 0 Å². The highest BCUT2D eigenvalue weighted by Crippen LogP contribution is 2.42. The Morgan fingerprint density at radius 1 is 1.17 bits per heavy atom. The quantitative estimate of drug-likeness (QED) is 0.781. The maximum absolute atomic E-state index is 13.2. The number of carbonyl (C=O) groups excluding carboxylic acids is 2. The van der Waals surface area contributed by atoms with Crippen molar-refractivity contribution in [3.05, 3.63) is 34.9 Å². The summed E-state index contributed by atoms with van der Waals surface area (Å²) in [5.74, 6) is -0.682. The fourth-order valence-electron chi connectivity index (χ4n) is 3.92. The highest BCUT2D eigenvalue weighted by Gasteiger charge is 2.58. The molecule has 1 unspecified atom stereocenters. The molecule has 0 bridgehead atoms. The number of benzene rings is 1. The molecule has 1 spiro atoms. The Labute approximate surface area is 137 Å². The van der Waals surface area contributed by atoms with E-state index in [9.17, 15) is 9.59 Å². The molecular weight excluding hydrogens is 292 g/mol. The summed E-state index contributed by atoms with van der Waals surface area (Å²) in [6, 6.07) is 5.98. The number of hydrogen-bond acceptors (Lipinski definition) is 4. The number of carbonyl (C=O) groups is 2. The van der Waals surface area contributed by atoms with E-state index in [4.69, 9.17) is 4.84 Å². The van der Waals surface area contributed by atoms with Crippen LogP contribution in [0.3, 0.4) is 0 Å². The molecule has 0 saturated carbocycles. The van der Waals surface area contributed by atoms with Gasteiger partial charge in [-0.3, -0.25) is 9.59 Å². The van der Waals surface area contributed by atoms with Crippen LogP contribution in [-0.4, -0.2) is 54.4 Å². The van der Waals surface area contributed by atoms with E-state index < -0.39 is 11.5 Å². The second-order valence-corrected chi connectivity index (χ2v) is 6.70. The molecule has 23 heavy (non-hydrogen) atoms. The Hall–Kier alpha value is -1.72. The number of Topliss-reactive ketones (excluding diaryl/α,β-unsaturated/α-hetero) is 1. The zero-order valence-corrected chi connectivity index (χ0v) is 14.3. The summed E-state index contributed by atoms with van der Waals surface area (Å²) >= 11 is 0. The summed E-state index contributed by atoms with van der Waals surface area (Å²) < 4.78 is 0. The standard InChI is InChI=1S/C18H24N2O3/c1-12-5-6-13(2)14(11-12)15-16(21)18(19(3)17(15)22)7-9-20(23-4)10-8-18/h5-6,11,15H,7-10H2,1-4H3. The van der Waals surface area contributed by atoms with Crippen molar-refractivity contribution in [1.29, 1.82) is 0 Å². The monoisotopic (exact) mass is 316 g/mol. The number of likely N-dealkylation sites (N-methyl/N-ethyl adjacent to an activating group) is 1. The zero-order valence-electron chi connectivity index (χ0n) is 14.3. The van der Waals surface area contributed by atoms with Gasteiger partial charge in [0.15, 0.2) is 5.78 Å². The average Bonchev–Trinajstić information content (AvgIpc) is 2.73. The lowest BCUT2D eigenvalue weighted by Crippen LogP contribution is -2.54. The second kappa shape index (κ2) is 5.73. The second-order valence-electron chi connectivity index (χ2n) is 6.70. The third-order valence-electron chi connectivity index (χ3n) is 5.49. The van der Waals surface area contributed by atoms with E-state index >= 15 is 0 Å². The van der Waals surface area contributed by atoms with Gasteiger partial charge in [0, 0.05) is 20.1 Å². The minimum absolute atomic E-state index is 0.0504. The lowest BCUT2D eigenvalue weighted by atomic mass is 9.79. The summed E-state index contributed by atoms with van der Waals surface area (Å²) in [4.78, 5) is 33.1. The number of piperidine rings is 1. The highest BCUT2D eigenvalue weighted by atomic mass is 16.7. The predicted molar refractivity (Wildman–Crippen MR) is 87.0 cm³/mol. The van der Waals surface area contributed by atoms with E-state index in [-0.39, 0.29) is 11.7 Å². The number of aryl methyl sites for hydroxylation is 2. The fraction of sp³-hybridized carbons (Fsp3) is 0.556. The van der Waals surface area contributed by atoms with Crippen LogP contribution in [0.1, 0.15) is 35.4 Å². The lowest BCUT2D eigenvalue weighted by molar-refractivity contribution is -0.165. The first-order valence-corrected chi connectivity index (χ1v) is 8.09. The van der Waals surface area contributed by atoms with Crippen molar-refractivity contribution in [1.82, 2.24) is 9.96 Å². The van der Waals surface area contributed by atoms with Crippen LogP contribution in [0.2, 0.25) is 0 Å². The molecule has 1 aromatic rings. The van der Waals surface area contributed by atoms with Gasteiger partial charge >= 0.3 is 0 Å². The maximum Gasteiger partial charge on any atom is 0.238 e. The summed E-state index contributed by atoms with van der Waals surface area (Å²) in [5.41, 5.74) is 2.26. The molecule has 5 nitrogen and oxygen atoms in total. The Kier molecular flexibility index (Phi) is 4.02. The molecule has 1 atom stereocenters. The number of amides is 1. The Morgan fingerprint density at radius 3 is 2.43 bits per heavy atom. The number of hydroxylamine groups is 2. The smallest absolute Gasteiger partial charge is 0.238 e. The molecular formula is C18H24N2O3. The topological polar surface area (TPSA) is 49.9 Å². The first kappa shape index (κ1) is 16.1. The third kappa shape index (κ3) is 2.39. The van der Waals surface area contributed by atoms with Gasteiger partial charge in [-0.1, -0.05) is 23.8 Å². The summed E-state index contributed by atoms with van der Waals surface area (Å²) in [6.45, 7) is 5.29. The third-order valence-corrected chi connectivity index (χ3v) is 5.49. The van der Waals surface area contributed by atoms with E-state index in [1.807, 2.05) is 37.1 Å². The molecule has 0 N–H and O–H groups in total. The molecule has 5 heteroatoms. The van der Waals surface area contributed by atoms with Gasteiger partial charge in [-0.25, -0.2) is 0 Å². The fourth-order valence-corrected chi connectivity index (χ4v) is 3.92. The summed E-state index contributed by atoms with van der Waals surface area (Å²) in [7, 11) is 3.41. The molecule has 0 aliphatic carbocycles. The molecule has 3 rings (SSSR count). The van der Waals surface area contributed by atoms with Gasteiger partial charge < -0.3 is 9.74 Å². The van der Waals surface area contributed by atoms with Crippen LogP contribution in [0.5, 0.6) is 0 Å².